The van der Waals surface area contributed by atoms with Crippen LogP contribution < -0.4 is 15.8 Å². The molecule has 0 aromatic heterocycles. The molecule has 0 heterocycles. The number of sulfonamides is 1. The van der Waals surface area contributed by atoms with Gasteiger partial charge in [-0.05, 0) is 24.7 Å². The number of hydrogen-bond donors (Lipinski definition) is 3. The van der Waals surface area contributed by atoms with Crippen molar-refractivity contribution in [1.82, 2.24) is 4.72 Å². The summed E-state index contributed by atoms with van der Waals surface area (Å²) in [7, 11) is -2.19. The zero-order valence-corrected chi connectivity index (χ0v) is 11.9. The predicted molar refractivity (Wildman–Crippen MR) is 80.9 cm³/mol. The number of nitrogens with two attached hydrogens (primary N) is 1. The molecule has 6 heteroatoms. The molecule has 20 heavy (non-hydrogen) atoms. The molecule has 0 aliphatic carbocycles. The number of nitrogens with one attached hydrogen (secondary N) is 2. The Hall–Kier alpha value is -2.05. The van der Waals surface area contributed by atoms with Gasteiger partial charge in [0.05, 0.1) is 11.4 Å². The van der Waals surface area contributed by atoms with Gasteiger partial charge in [0.25, 0.3) is 0 Å². The van der Waals surface area contributed by atoms with Gasteiger partial charge in [0, 0.05) is 6.54 Å². The molecule has 0 unspecified atom stereocenters. The van der Waals surface area contributed by atoms with Gasteiger partial charge in [0.2, 0.25) is 10.0 Å². The first-order chi connectivity index (χ1) is 9.54. The van der Waals surface area contributed by atoms with Crippen molar-refractivity contribution in [3.8, 4) is 0 Å². The molecule has 106 valence electrons. The van der Waals surface area contributed by atoms with Gasteiger partial charge in [-0.15, -0.1) is 0 Å². The highest BCUT2D eigenvalue weighted by Crippen LogP contribution is 2.26. The monoisotopic (exact) mass is 291 g/mol. The lowest BCUT2D eigenvalue weighted by Gasteiger charge is -2.13. The van der Waals surface area contributed by atoms with Crippen LogP contribution in [-0.4, -0.2) is 15.5 Å². The predicted octanol–water partition coefficient (Wildman–Crippen LogP) is 1.79. The van der Waals surface area contributed by atoms with E-state index in [1.165, 1.54) is 13.1 Å². The van der Waals surface area contributed by atoms with Crippen molar-refractivity contribution < 1.29 is 8.42 Å². The lowest BCUT2D eigenvalue weighted by atomic mass is 10.2. The fourth-order valence-corrected chi connectivity index (χ4v) is 2.71. The Bertz CT molecular complexity index is 685. The smallest absolute Gasteiger partial charge is 0.242 e. The van der Waals surface area contributed by atoms with Crippen LogP contribution in [0.4, 0.5) is 11.4 Å². The average molecular weight is 291 g/mol. The van der Waals surface area contributed by atoms with Gasteiger partial charge in [0.1, 0.15) is 4.90 Å². The van der Waals surface area contributed by atoms with Gasteiger partial charge < -0.3 is 11.1 Å². The summed E-state index contributed by atoms with van der Waals surface area (Å²) in [5, 5.41) is 3.15. The number of para-hydroxylation sites is 1. The second-order valence-corrected chi connectivity index (χ2v) is 6.12. The van der Waals surface area contributed by atoms with Crippen LogP contribution in [0, 0.1) is 0 Å². The second-order valence-electron chi connectivity index (χ2n) is 4.26. The van der Waals surface area contributed by atoms with Crippen molar-refractivity contribution in [1.29, 1.82) is 0 Å². The van der Waals surface area contributed by atoms with E-state index in [4.69, 9.17) is 5.73 Å². The number of nitrogen functional groups attached to an aromatic ring is 1. The van der Waals surface area contributed by atoms with E-state index in [0.29, 0.717) is 12.2 Å². The van der Waals surface area contributed by atoms with E-state index < -0.39 is 10.0 Å². The first kappa shape index (κ1) is 14.4. The summed E-state index contributed by atoms with van der Waals surface area (Å²) in [6, 6.07) is 14.7. The molecule has 4 N–H and O–H groups in total. The van der Waals surface area contributed by atoms with Crippen LogP contribution in [0.5, 0.6) is 0 Å². The van der Waals surface area contributed by atoms with Gasteiger partial charge in [0.15, 0.2) is 0 Å². The van der Waals surface area contributed by atoms with Gasteiger partial charge in [-0.25, -0.2) is 13.1 Å². The Morgan fingerprint density at radius 2 is 1.75 bits per heavy atom. The summed E-state index contributed by atoms with van der Waals surface area (Å²) in [6.45, 7) is 0.577. The largest absolute Gasteiger partial charge is 0.396 e. The fourth-order valence-electron chi connectivity index (χ4n) is 1.84. The average Bonchev–Trinajstić information content (AvgIpc) is 2.47. The quantitative estimate of drug-likeness (QED) is 0.733. The molecular formula is C14H17N3O2S. The minimum atomic E-state index is -3.55. The molecule has 2 rings (SSSR count). The van der Waals surface area contributed by atoms with E-state index >= 15 is 0 Å². The van der Waals surface area contributed by atoms with Gasteiger partial charge in [-0.2, -0.15) is 0 Å². The molecule has 0 saturated carbocycles. The van der Waals surface area contributed by atoms with E-state index in [1.807, 2.05) is 30.3 Å². The minimum Gasteiger partial charge on any atom is -0.396 e. The molecule has 0 radical (unpaired) electrons. The molecule has 2 aromatic rings. The third kappa shape index (κ3) is 3.09. The van der Waals surface area contributed by atoms with Crippen molar-refractivity contribution in [2.75, 3.05) is 18.1 Å². The third-order valence-corrected chi connectivity index (χ3v) is 4.42. The first-order valence-corrected chi connectivity index (χ1v) is 7.63. The standard InChI is InChI=1S/C14H17N3O2S/c1-16-20(18,19)13-9-5-8-12(14(13)15)17-10-11-6-3-2-4-7-11/h2-9,16-17H,10,15H2,1H3. The molecule has 0 amide bonds. The van der Waals surface area contributed by atoms with Gasteiger partial charge in [-0.1, -0.05) is 36.4 Å². The maximum absolute atomic E-state index is 11.8. The molecule has 0 saturated heterocycles. The normalized spacial score (nSPS) is 11.2. The highest BCUT2D eigenvalue weighted by Gasteiger charge is 2.16. The zero-order chi connectivity index (χ0) is 14.6. The molecule has 0 aliphatic heterocycles. The van der Waals surface area contributed by atoms with Crippen molar-refractivity contribution in [2.24, 2.45) is 0 Å². The Kier molecular flexibility index (Phi) is 4.26. The Morgan fingerprint density at radius 1 is 1.05 bits per heavy atom. The summed E-state index contributed by atoms with van der Waals surface area (Å²) >= 11 is 0. The van der Waals surface area contributed by atoms with E-state index in [-0.39, 0.29) is 10.6 Å². The van der Waals surface area contributed by atoms with Crippen molar-refractivity contribution in [2.45, 2.75) is 11.4 Å². The Balaban J connectivity index is 2.24. The Morgan fingerprint density at radius 3 is 2.40 bits per heavy atom. The molecule has 0 fully saturated rings. The summed E-state index contributed by atoms with van der Waals surface area (Å²) in [5.41, 5.74) is 7.84. The van der Waals surface area contributed by atoms with Crippen LogP contribution in [0.15, 0.2) is 53.4 Å². The summed E-state index contributed by atoms with van der Waals surface area (Å²) in [4.78, 5) is 0.0815. The molecule has 0 aliphatic rings. The summed E-state index contributed by atoms with van der Waals surface area (Å²) < 4.78 is 25.9. The van der Waals surface area contributed by atoms with Crippen molar-refractivity contribution >= 4 is 21.4 Å². The van der Waals surface area contributed by atoms with Crippen molar-refractivity contribution in [3.63, 3.8) is 0 Å². The lowest BCUT2D eigenvalue weighted by molar-refractivity contribution is 0.588. The topological polar surface area (TPSA) is 84.2 Å². The maximum atomic E-state index is 11.8. The minimum absolute atomic E-state index is 0.0815. The van der Waals surface area contributed by atoms with Gasteiger partial charge >= 0.3 is 0 Å². The number of hydrogen-bond acceptors (Lipinski definition) is 4. The molecule has 0 bridgehead atoms. The van der Waals surface area contributed by atoms with Crippen LogP contribution in [0.25, 0.3) is 0 Å². The molecular weight excluding hydrogens is 274 g/mol. The van der Waals surface area contributed by atoms with E-state index in [0.717, 1.165) is 5.56 Å². The number of benzene rings is 2. The van der Waals surface area contributed by atoms with Crippen LogP contribution in [-0.2, 0) is 16.6 Å². The van der Waals surface area contributed by atoms with E-state index in [1.54, 1.807) is 12.1 Å². The molecule has 5 nitrogen and oxygen atoms in total. The lowest BCUT2D eigenvalue weighted by Crippen LogP contribution is -2.20. The van der Waals surface area contributed by atoms with Crippen LogP contribution in [0.1, 0.15) is 5.56 Å². The number of rotatable bonds is 5. The van der Waals surface area contributed by atoms with E-state index in [9.17, 15) is 8.42 Å². The molecule has 0 spiro atoms. The zero-order valence-electron chi connectivity index (χ0n) is 11.1. The SMILES string of the molecule is CNS(=O)(=O)c1cccc(NCc2ccccc2)c1N. The van der Waals surface area contributed by atoms with Crippen molar-refractivity contribution in [3.05, 3.63) is 54.1 Å². The molecule has 2 aromatic carbocycles. The number of anilines is 2. The second kappa shape index (κ2) is 5.94. The molecule has 0 atom stereocenters. The van der Waals surface area contributed by atoms with Crippen LogP contribution in [0.3, 0.4) is 0 Å². The first-order valence-electron chi connectivity index (χ1n) is 6.14. The van der Waals surface area contributed by atoms with E-state index in [2.05, 4.69) is 10.0 Å². The van der Waals surface area contributed by atoms with Crippen LogP contribution >= 0.6 is 0 Å². The van der Waals surface area contributed by atoms with Gasteiger partial charge in [-0.3, -0.25) is 0 Å². The highest BCUT2D eigenvalue weighted by molar-refractivity contribution is 7.89. The van der Waals surface area contributed by atoms with Crippen LogP contribution in [0.2, 0.25) is 0 Å². The highest BCUT2D eigenvalue weighted by atomic mass is 32.2. The fraction of sp³-hybridized carbons (Fsp3) is 0.143. The summed E-state index contributed by atoms with van der Waals surface area (Å²) in [6.07, 6.45) is 0. The third-order valence-electron chi connectivity index (χ3n) is 2.95. The Labute approximate surface area is 118 Å². The summed E-state index contributed by atoms with van der Waals surface area (Å²) in [5.74, 6) is 0. The maximum Gasteiger partial charge on any atom is 0.242 e.